The monoisotopic (exact) mass is 331 g/mol. The largest absolute Gasteiger partial charge is 0.462 e. The number of aromatic nitrogens is 3. The predicted molar refractivity (Wildman–Crippen MR) is 72.9 cm³/mol. The smallest absolute Gasteiger partial charge is 0.436 e. The van der Waals surface area contributed by atoms with Crippen molar-refractivity contribution >= 4 is 5.97 Å². The lowest BCUT2D eigenvalue weighted by Crippen LogP contribution is -2.14. The quantitative estimate of drug-likeness (QED) is 0.788. The number of hydrogen-bond donors (Lipinski definition) is 0. The number of rotatable bonds is 5. The van der Waals surface area contributed by atoms with Crippen LogP contribution in [-0.4, -0.2) is 27.5 Å². The van der Waals surface area contributed by atoms with Crippen molar-refractivity contribution in [3.8, 4) is 0 Å². The van der Waals surface area contributed by atoms with Gasteiger partial charge in [-0.2, -0.15) is 18.3 Å². The van der Waals surface area contributed by atoms with Gasteiger partial charge in [0.05, 0.1) is 18.8 Å². The van der Waals surface area contributed by atoms with E-state index in [2.05, 4.69) is 15.0 Å². The Morgan fingerprint density at radius 2 is 2.09 bits per heavy atom. The molecule has 2 aromatic rings. The van der Waals surface area contributed by atoms with Crippen molar-refractivity contribution < 1.29 is 27.2 Å². The standard InChI is InChI=1S/C14H16F3N3O3/c1-4-11-9(8(3)23-19-11)6-20-7-10(13(21)22-5-2)12(18-20)14(15,16)17/h7H,4-6H2,1-3H3. The maximum atomic E-state index is 13.1. The van der Waals surface area contributed by atoms with Gasteiger partial charge in [-0.3, -0.25) is 4.68 Å². The average molecular weight is 331 g/mol. The molecule has 0 bridgehead atoms. The highest BCUT2D eigenvalue weighted by atomic mass is 19.4. The molecule has 0 spiro atoms. The number of alkyl halides is 3. The van der Waals surface area contributed by atoms with E-state index in [0.29, 0.717) is 23.4 Å². The van der Waals surface area contributed by atoms with Crippen LogP contribution >= 0.6 is 0 Å². The molecule has 0 aliphatic carbocycles. The molecule has 23 heavy (non-hydrogen) atoms. The van der Waals surface area contributed by atoms with Crippen molar-refractivity contribution in [1.82, 2.24) is 14.9 Å². The van der Waals surface area contributed by atoms with Crippen molar-refractivity contribution in [1.29, 1.82) is 0 Å². The van der Waals surface area contributed by atoms with E-state index in [1.54, 1.807) is 6.92 Å². The number of nitrogens with zero attached hydrogens (tertiary/aromatic N) is 3. The summed E-state index contributed by atoms with van der Waals surface area (Å²) in [6, 6.07) is 0. The first-order valence-corrected chi connectivity index (χ1v) is 7.03. The molecular weight excluding hydrogens is 315 g/mol. The molecule has 0 radical (unpaired) electrons. The van der Waals surface area contributed by atoms with Gasteiger partial charge >= 0.3 is 12.1 Å². The highest BCUT2D eigenvalue weighted by Crippen LogP contribution is 2.31. The van der Waals surface area contributed by atoms with Crippen molar-refractivity contribution in [2.45, 2.75) is 39.9 Å². The summed E-state index contributed by atoms with van der Waals surface area (Å²) in [5.41, 5.74) is -0.571. The van der Waals surface area contributed by atoms with Crippen LogP contribution in [0.1, 0.15) is 46.9 Å². The first kappa shape index (κ1) is 17.0. The molecule has 6 nitrogen and oxygen atoms in total. The summed E-state index contributed by atoms with van der Waals surface area (Å²) in [7, 11) is 0. The van der Waals surface area contributed by atoms with Crippen molar-refractivity contribution in [3.05, 3.63) is 34.5 Å². The Labute approximate surface area is 130 Å². The minimum Gasteiger partial charge on any atom is -0.462 e. The van der Waals surface area contributed by atoms with Crippen LogP contribution < -0.4 is 0 Å². The average Bonchev–Trinajstić information content (AvgIpc) is 3.04. The lowest BCUT2D eigenvalue weighted by atomic mass is 10.1. The molecule has 126 valence electrons. The molecule has 0 saturated heterocycles. The number of ether oxygens (including phenoxy) is 1. The zero-order valence-electron chi connectivity index (χ0n) is 12.9. The van der Waals surface area contributed by atoms with Crippen LogP contribution in [0.2, 0.25) is 0 Å². The topological polar surface area (TPSA) is 70.2 Å². The number of aryl methyl sites for hydroxylation is 2. The van der Waals surface area contributed by atoms with Gasteiger partial charge in [0, 0.05) is 11.8 Å². The van der Waals surface area contributed by atoms with Crippen LogP contribution in [0.25, 0.3) is 0 Å². The van der Waals surface area contributed by atoms with Gasteiger partial charge in [-0.25, -0.2) is 4.79 Å². The molecular formula is C14H16F3N3O3. The van der Waals surface area contributed by atoms with E-state index < -0.39 is 23.4 Å². The van der Waals surface area contributed by atoms with E-state index in [9.17, 15) is 18.0 Å². The summed E-state index contributed by atoms with van der Waals surface area (Å²) in [5.74, 6) is -0.549. The molecule has 0 unspecified atom stereocenters. The van der Waals surface area contributed by atoms with Gasteiger partial charge in [-0.05, 0) is 20.3 Å². The van der Waals surface area contributed by atoms with Crippen molar-refractivity contribution in [3.63, 3.8) is 0 Å². The van der Waals surface area contributed by atoms with Crippen LogP contribution in [0.5, 0.6) is 0 Å². The van der Waals surface area contributed by atoms with Gasteiger partial charge in [-0.15, -0.1) is 0 Å². The maximum absolute atomic E-state index is 13.1. The Morgan fingerprint density at radius 3 is 2.65 bits per heavy atom. The second-order valence-electron chi connectivity index (χ2n) is 4.82. The van der Waals surface area contributed by atoms with Gasteiger partial charge in [0.1, 0.15) is 11.3 Å². The first-order valence-electron chi connectivity index (χ1n) is 7.03. The third kappa shape index (κ3) is 3.54. The normalized spacial score (nSPS) is 11.7. The van der Waals surface area contributed by atoms with Crippen LogP contribution in [0.15, 0.2) is 10.7 Å². The van der Waals surface area contributed by atoms with Gasteiger partial charge in [0.15, 0.2) is 5.69 Å². The summed E-state index contributed by atoms with van der Waals surface area (Å²) >= 11 is 0. The SMILES string of the molecule is CCOC(=O)c1cn(Cc2c(CC)noc2C)nc1C(F)(F)F. The minimum absolute atomic E-state index is 0.0218. The molecule has 0 N–H and O–H groups in total. The van der Waals surface area contributed by atoms with E-state index in [0.717, 1.165) is 10.9 Å². The summed E-state index contributed by atoms with van der Waals surface area (Å²) in [4.78, 5) is 11.7. The van der Waals surface area contributed by atoms with E-state index in [1.807, 2.05) is 6.92 Å². The summed E-state index contributed by atoms with van der Waals surface area (Å²) in [6.45, 7) is 5.05. The second-order valence-corrected chi connectivity index (χ2v) is 4.82. The molecule has 2 aromatic heterocycles. The molecule has 0 aliphatic rings. The highest BCUT2D eigenvalue weighted by Gasteiger charge is 2.39. The minimum atomic E-state index is -4.75. The van der Waals surface area contributed by atoms with Crippen LogP contribution in [0.3, 0.4) is 0 Å². The number of halogens is 3. The van der Waals surface area contributed by atoms with Crippen LogP contribution in [0.4, 0.5) is 13.2 Å². The number of hydrogen-bond acceptors (Lipinski definition) is 5. The molecule has 0 saturated carbocycles. The fraction of sp³-hybridized carbons (Fsp3) is 0.500. The third-order valence-electron chi connectivity index (χ3n) is 3.25. The molecule has 2 heterocycles. The van der Waals surface area contributed by atoms with Gasteiger partial charge in [-0.1, -0.05) is 12.1 Å². The van der Waals surface area contributed by atoms with Crippen molar-refractivity contribution in [2.75, 3.05) is 6.61 Å². The maximum Gasteiger partial charge on any atom is 0.436 e. The van der Waals surface area contributed by atoms with E-state index in [1.165, 1.54) is 6.92 Å². The Morgan fingerprint density at radius 1 is 1.39 bits per heavy atom. The zero-order chi connectivity index (χ0) is 17.2. The summed E-state index contributed by atoms with van der Waals surface area (Å²) in [5, 5.41) is 7.34. The lowest BCUT2D eigenvalue weighted by Gasteiger charge is -2.05. The number of carbonyl (C=O) groups excluding carboxylic acids is 1. The summed E-state index contributed by atoms with van der Waals surface area (Å²) < 4.78 is 49.9. The van der Waals surface area contributed by atoms with Gasteiger partial charge in [0.2, 0.25) is 0 Å². The lowest BCUT2D eigenvalue weighted by molar-refractivity contribution is -0.142. The number of carbonyl (C=O) groups is 1. The van der Waals surface area contributed by atoms with E-state index >= 15 is 0 Å². The third-order valence-corrected chi connectivity index (χ3v) is 3.25. The molecule has 0 atom stereocenters. The molecule has 0 aromatic carbocycles. The van der Waals surface area contributed by atoms with Gasteiger partial charge in [0.25, 0.3) is 0 Å². The predicted octanol–water partition coefficient (Wildman–Crippen LogP) is 2.99. The molecule has 0 amide bonds. The molecule has 9 heteroatoms. The number of esters is 1. The Bertz CT molecular complexity index is 704. The Balaban J connectivity index is 2.40. The zero-order valence-corrected chi connectivity index (χ0v) is 12.9. The van der Waals surface area contributed by atoms with Crippen LogP contribution in [0, 0.1) is 6.92 Å². The van der Waals surface area contributed by atoms with Gasteiger partial charge < -0.3 is 9.26 Å². The first-order chi connectivity index (χ1) is 10.8. The Kier molecular flexibility index (Phi) is 4.76. The van der Waals surface area contributed by atoms with E-state index in [-0.39, 0.29) is 13.2 Å². The summed E-state index contributed by atoms with van der Waals surface area (Å²) in [6.07, 6.45) is -3.14. The van der Waals surface area contributed by atoms with E-state index in [4.69, 9.17) is 4.52 Å². The van der Waals surface area contributed by atoms with Crippen LogP contribution in [-0.2, 0) is 23.9 Å². The fourth-order valence-corrected chi connectivity index (χ4v) is 2.15. The molecule has 0 aliphatic heterocycles. The second kappa shape index (κ2) is 6.43. The fourth-order valence-electron chi connectivity index (χ4n) is 2.15. The highest BCUT2D eigenvalue weighted by molar-refractivity contribution is 5.90. The Hall–Kier alpha value is -2.32. The molecule has 2 rings (SSSR count). The molecule has 0 fully saturated rings. The van der Waals surface area contributed by atoms with Crippen molar-refractivity contribution in [2.24, 2.45) is 0 Å².